The SMILES string of the molecule is Cc1ncc2c(n1)CN(C(C)C(=O)Nc1nccs1)CC2. The molecule has 3 rings (SSSR count). The molecule has 2 aromatic rings. The molecule has 3 heterocycles. The summed E-state index contributed by atoms with van der Waals surface area (Å²) in [4.78, 5) is 27.2. The number of nitrogens with one attached hydrogen (secondary N) is 1. The number of aromatic nitrogens is 3. The number of hydrogen-bond acceptors (Lipinski definition) is 6. The molecule has 0 bridgehead atoms. The molecular weight excluding hydrogens is 286 g/mol. The van der Waals surface area contributed by atoms with Crippen molar-refractivity contribution in [1.29, 1.82) is 0 Å². The zero-order chi connectivity index (χ0) is 14.8. The lowest BCUT2D eigenvalue weighted by Gasteiger charge is -2.31. The van der Waals surface area contributed by atoms with Crippen LogP contribution in [0.5, 0.6) is 0 Å². The molecule has 0 fully saturated rings. The minimum absolute atomic E-state index is 0.0285. The Balaban J connectivity index is 1.68. The van der Waals surface area contributed by atoms with Gasteiger partial charge in [-0.1, -0.05) is 0 Å². The van der Waals surface area contributed by atoms with Crippen LogP contribution in [0.15, 0.2) is 17.8 Å². The maximum absolute atomic E-state index is 12.3. The zero-order valence-corrected chi connectivity index (χ0v) is 12.9. The Morgan fingerprint density at radius 1 is 1.48 bits per heavy atom. The van der Waals surface area contributed by atoms with Crippen molar-refractivity contribution in [1.82, 2.24) is 19.9 Å². The molecule has 2 aromatic heterocycles. The maximum atomic E-state index is 12.3. The smallest absolute Gasteiger partial charge is 0.243 e. The molecule has 110 valence electrons. The number of thiazole rings is 1. The van der Waals surface area contributed by atoms with Crippen molar-refractivity contribution in [2.45, 2.75) is 32.9 Å². The van der Waals surface area contributed by atoms with Crippen molar-refractivity contribution in [3.05, 3.63) is 34.9 Å². The van der Waals surface area contributed by atoms with Gasteiger partial charge >= 0.3 is 0 Å². The van der Waals surface area contributed by atoms with E-state index in [2.05, 4.69) is 25.2 Å². The average Bonchev–Trinajstić information content (AvgIpc) is 2.98. The summed E-state index contributed by atoms with van der Waals surface area (Å²) < 4.78 is 0. The van der Waals surface area contributed by atoms with E-state index in [4.69, 9.17) is 0 Å². The van der Waals surface area contributed by atoms with Gasteiger partial charge in [0, 0.05) is 30.9 Å². The van der Waals surface area contributed by atoms with Gasteiger partial charge in [-0.05, 0) is 25.8 Å². The first-order valence-electron chi connectivity index (χ1n) is 6.89. The summed E-state index contributed by atoms with van der Waals surface area (Å²) in [5.74, 6) is 0.745. The van der Waals surface area contributed by atoms with Crippen LogP contribution in [0.25, 0.3) is 0 Å². The van der Waals surface area contributed by atoms with E-state index in [1.165, 1.54) is 16.9 Å². The monoisotopic (exact) mass is 303 g/mol. The second-order valence-electron chi connectivity index (χ2n) is 5.11. The molecule has 6 nitrogen and oxygen atoms in total. The summed E-state index contributed by atoms with van der Waals surface area (Å²) in [5, 5.41) is 5.33. The van der Waals surface area contributed by atoms with E-state index in [-0.39, 0.29) is 11.9 Å². The van der Waals surface area contributed by atoms with Crippen LogP contribution in [-0.2, 0) is 17.8 Å². The van der Waals surface area contributed by atoms with Gasteiger partial charge in [0.1, 0.15) is 5.82 Å². The fraction of sp³-hybridized carbons (Fsp3) is 0.429. The van der Waals surface area contributed by atoms with Crippen molar-refractivity contribution in [3.63, 3.8) is 0 Å². The Morgan fingerprint density at radius 3 is 3.10 bits per heavy atom. The van der Waals surface area contributed by atoms with Crippen molar-refractivity contribution in [2.24, 2.45) is 0 Å². The van der Waals surface area contributed by atoms with Crippen LogP contribution in [0, 0.1) is 6.92 Å². The van der Waals surface area contributed by atoms with Gasteiger partial charge in [0.05, 0.1) is 11.7 Å². The van der Waals surface area contributed by atoms with Crippen LogP contribution in [-0.4, -0.2) is 38.3 Å². The minimum Gasteiger partial charge on any atom is -0.301 e. The number of nitrogens with zero attached hydrogens (tertiary/aromatic N) is 4. The highest BCUT2D eigenvalue weighted by molar-refractivity contribution is 7.13. The molecule has 1 aliphatic heterocycles. The quantitative estimate of drug-likeness (QED) is 0.933. The number of carbonyl (C=O) groups excluding carboxylic acids is 1. The van der Waals surface area contributed by atoms with Gasteiger partial charge in [0.15, 0.2) is 5.13 Å². The van der Waals surface area contributed by atoms with Gasteiger partial charge in [-0.2, -0.15) is 0 Å². The first-order valence-corrected chi connectivity index (χ1v) is 7.77. The number of rotatable bonds is 3. The van der Waals surface area contributed by atoms with Crippen LogP contribution in [0.3, 0.4) is 0 Å². The van der Waals surface area contributed by atoms with Gasteiger partial charge < -0.3 is 5.32 Å². The largest absolute Gasteiger partial charge is 0.301 e. The molecule has 0 saturated heterocycles. The highest BCUT2D eigenvalue weighted by Gasteiger charge is 2.26. The van der Waals surface area contributed by atoms with Gasteiger partial charge in [-0.15, -0.1) is 11.3 Å². The van der Waals surface area contributed by atoms with Crippen LogP contribution in [0.2, 0.25) is 0 Å². The molecule has 0 radical (unpaired) electrons. The Bertz CT molecular complexity index is 643. The highest BCUT2D eigenvalue weighted by Crippen LogP contribution is 2.19. The Morgan fingerprint density at radius 2 is 2.33 bits per heavy atom. The lowest BCUT2D eigenvalue weighted by molar-refractivity contribution is -0.121. The third-order valence-electron chi connectivity index (χ3n) is 3.69. The predicted octanol–water partition coefficient (Wildman–Crippen LogP) is 1.63. The number of fused-ring (bicyclic) bond motifs is 1. The summed E-state index contributed by atoms with van der Waals surface area (Å²) in [6.45, 7) is 5.33. The molecule has 1 amide bonds. The van der Waals surface area contributed by atoms with Crippen molar-refractivity contribution in [2.75, 3.05) is 11.9 Å². The van der Waals surface area contributed by atoms with E-state index < -0.39 is 0 Å². The number of hydrogen-bond donors (Lipinski definition) is 1. The van der Waals surface area contributed by atoms with Crippen LogP contribution in [0.4, 0.5) is 5.13 Å². The van der Waals surface area contributed by atoms with E-state index in [1.807, 2.05) is 25.4 Å². The summed E-state index contributed by atoms with van der Waals surface area (Å²) in [7, 11) is 0. The molecule has 1 N–H and O–H groups in total. The van der Waals surface area contributed by atoms with E-state index in [9.17, 15) is 4.79 Å². The number of amides is 1. The fourth-order valence-electron chi connectivity index (χ4n) is 2.41. The average molecular weight is 303 g/mol. The van der Waals surface area contributed by atoms with E-state index >= 15 is 0 Å². The second-order valence-corrected chi connectivity index (χ2v) is 6.01. The number of anilines is 1. The minimum atomic E-state index is -0.211. The highest BCUT2D eigenvalue weighted by atomic mass is 32.1. The maximum Gasteiger partial charge on any atom is 0.243 e. The first kappa shape index (κ1) is 14.1. The molecule has 21 heavy (non-hydrogen) atoms. The van der Waals surface area contributed by atoms with E-state index in [1.54, 1.807) is 6.20 Å². The summed E-state index contributed by atoms with van der Waals surface area (Å²) in [5.41, 5.74) is 2.21. The van der Waals surface area contributed by atoms with Crippen LogP contribution in [0.1, 0.15) is 24.0 Å². The lowest BCUT2D eigenvalue weighted by atomic mass is 10.0. The first-order chi connectivity index (χ1) is 10.1. The third kappa shape index (κ3) is 3.08. The van der Waals surface area contributed by atoms with Crippen molar-refractivity contribution >= 4 is 22.4 Å². The Labute approximate surface area is 127 Å². The van der Waals surface area contributed by atoms with Crippen molar-refractivity contribution < 1.29 is 4.79 Å². The Kier molecular flexibility index (Phi) is 3.94. The zero-order valence-electron chi connectivity index (χ0n) is 12.0. The molecule has 1 atom stereocenters. The molecule has 1 unspecified atom stereocenters. The summed E-state index contributed by atoms with van der Waals surface area (Å²) >= 11 is 1.42. The van der Waals surface area contributed by atoms with Gasteiger partial charge in [0.2, 0.25) is 5.91 Å². The third-order valence-corrected chi connectivity index (χ3v) is 4.37. The number of carbonyl (C=O) groups is 1. The molecule has 0 aromatic carbocycles. The number of aryl methyl sites for hydroxylation is 1. The van der Waals surface area contributed by atoms with Crippen LogP contribution >= 0.6 is 11.3 Å². The molecule has 7 heteroatoms. The molecule has 0 aliphatic carbocycles. The molecule has 1 aliphatic rings. The Hall–Kier alpha value is -1.86. The van der Waals surface area contributed by atoms with Gasteiger partial charge in [0.25, 0.3) is 0 Å². The molecule has 0 saturated carbocycles. The lowest BCUT2D eigenvalue weighted by Crippen LogP contribution is -2.44. The summed E-state index contributed by atoms with van der Waals surface area (Å²) in [6.07, 6.45) is 4.46. The second kappa shape index (κ2) is 5.87. The van der Waals surface area contributed by atoms with Crippen molar-refractivity contribution in [3.8, 4) is 0 Å². The fourth-order valence-corrected chi connectivity index (χ4v) is 2.95. The summed E-state index contributed by atoms with van der Waals surface area (Å²) in [6, 6.07) is -0.211. The predicted molar refractivity (Wildman–Crippen MR) is 81.1 cm³/mol. The molecular formula is C14H17N5OS. The van der Waals surface area contributed by atoms with E-state index in [0.717, 1.165) is 24.5 Å². The topological polar surface area (TPSA) is 71.0 Å². The van der Waals surface area contributed by atoms with Crippen LogP contribution < -0.4 is 5.32 Å². The molecule has 0 spiro atoms. The van der Waals surface area contributed by atoms with Gasteiger partial charge in [-0.25, -0.2) is 15.0 Å². The van der Waals surface area contributed by atoms with Gasteiger partial charge in [-0.3, -0.25) is 9.69 Å². The standard InChI is InChI=1S/C14H17N5OS/c1-9(13(20)18-14-15-4-6-21-14)19-5-3-11-7-16-10(2)17-12(11)8-19/h4,6-7,9H,3,5,8H2,1-2H3,(H,15,18,20). The van der Waals surface area contributed by atoms with E-state index in [0.29, 0.717) is 11.7 Å². The normalized spacial score (nSPS) is 16.3.